The number of aromatic nitrogens is 2. The minimum absolute atomic E-state index is 0.117. The van der Waals surface area contributed by atoms with Gasteiger partial charge in [-0.2, -0.15) is 0 Å². The van der Waals surface area contributed by atoms with Crippen molar-refractivity contribution in [3.63, 3.8) is 0 Å². The molecule has 13 heteroatoms. The predicted molar refractivity (Wildman–Crippen MR) is 183 cm³/mol. The molecule has 48 heavy (non-hydrogen) atoms. The molecule has 2 aromatic heterocycles. The fourth-order valence-electron chi connectivity index (χ4n) is 5.38. The molecule has 0 saturated carbocycles. The van der Waals surface area contributed by atoms with Crippen LogP contribution in [-0.4, -0.2) is 39.3 Å². The van der Waals surface area contributed by atoms with E-state index in [1.807, 2.05) is 13.0 Å². The molecular weight excluding hydrogens is 657 g/mol. The van der Waals surface area contributed by atoms with E-state index in [2.05, 4.69) is 20.0 Å². The summed E-state index contributed by atoms with van der Waals surface area (Å²) >= 11 is 0. The number of aryl methyl sites for hydroxylation is 1. The quantitative estimate of drug-likeness (QED) is 0.0940. The highest BCUT2D eigenvalue weighted by atomic mass is 32.2. The van der Waals surface area contributed by atoms with E-state index in [1.54, 1.807) is 72.8 Å². The summed E-state index contributed by atoms with van der Waals surface area (Å²) in [5.74, 6) is -0.872. The predicted octanol–water partition coefficient (Wildman–Crippen LogP) is 8.26. The van der Waals surface area contributed by atoms with Crippen molar-refractivity contribution in [1.82, 2.24) is 9.97 Å². The molecule has 0 fully saturated rings. The molecule has 6 rings (SSSR count). The van der Waals surface area contributed by atoms with Crippen molar-refractivity contribution >= 4 is 41.5 Å². The van der Waals surface area contributed by atoms with E-state index in [0.717, 1.165) is 11.8 Å². The van der Waals surface area contributed by atoms with Gasteiger partial charge in [0, 0.05) is 56.1 Å². The van der Waals surface area contributed by atoms with Crippen molar-refractivity contribution in [2.24, 2.45) is 5.11 Å². The summed E-state index contributed by atoms with van der Waals surface area (Å²) in [4.78, 5) is 11.8. The van der Waals surface area contributed by atoms with Crippen LogP contribution in [0.1, 0.15) is 18.3 Å². The van der Waals surface area contributed by atoms with Gasteiger partial charge in [-0.1, -0.05) is 72.7 Å². The first-order chi connectivity index (χ1) is 22.8. The van der Waals surface area contributed by atoms with Gasteiger partial charge in [-0.15, -0.1) is 0 Å². The van der Waals surface area contributed by atoms with Gasteiger partial charge in [0.1, 0.15) is 22.7 Å². The van der Waals surface area contributed by atoms with Crippen LogP contribution in [0.25, 0.3) is 54.5 Å². The number of hydrogen-bond donors (Lipinski definition) is 0. The summed E-state index contributed by atoms with van der Waals surface area (Å²) in [5, 5.41) is 4.69. The third kappa shape index (κ3) is 7.18. The average Bonchev–Trinajstić information content (AvgIpc) is 3.06. The second-order valence-electron chi connectivity index (χ2n) is 10.9. The molecule has 6 aromatic rings. The normalized spacial score (nSPS) is 11.5. The van der Waals surface area contributed by atoms with E-state index < -0.39 is 25.5 Å². The number of nitrogens with zero attached hydrogens (tertiary/aromatic N) is 5. The fraction of sp³-hybridized carbons (Fsp3) is 0.143. The van der Waals surface area contributed by atoms with Crippen LogP contribution in [-0.2, 0) is 32.6 Å². The van der Waals surface area contributed by atoms with Crippen molar-refractivity contribution in [3.8, 4) is 22.3 Å². The molecule has 4 aromatic carbocycles. The third-order valence-electron chi connectivity index (χ3n) is 7.52. The summed E-state index contributed by atoms with van der Waals surface area (Å²) in [6.45, 7) is 1.80. The summed E-state index contributed by atoms with van der Waals surface area (Å²) in [7, 11) is -6.86. The number of benzene rings is 4. The van der Waals surface area contributed by atoms with Gasteiger partial charge in [0.05, 0.1) is 22.0 Å². The Bertz CT molecular complexity index is 2470. The number of rotatable bonds is 7. The molecule has 0 aliphatic carbocycles. The van der Waals surface area contributed by atoms with E-state index in [4.69, 9.17) is 5.53 Å². The number of pyridine rings is 2. The Kier molecular flexibility index (Phi) is 9.85. The second-order valence-corrected chi connectivity index (χ2v) is 14.8. The zero-order chi connectivity index (χ0) is 34.6. The highest BCUT2D eigenvalue weighted by Gasteiger charge is 2.20. The fourth-order valence-corrected chi connectivity index (χ4v) is 7.19. The Hall–Kier alpha value is -5.23. The molecule has 0 aliphatic rings. The Morgan fingerprint density at radius 2 is 1.08 bits per heavy atom. The van der Waals surface area contributed by atoms with Crippen molar-refractivity contribution in [2.45, 2.75) is 29.7 Å². The molecule has 2 heterocycles. The van der Waals surface area contributed by atoms with Gasteiger partial charge in [-0.05, 0) is 48.4 Å². The van der Waals surface area contributed by atoms with Crippen molar-refractivity contribution < 1.29 is 25.6 Å². The first-order valence-corrected chi connectivity index (χ1v) is 18.4. The largest absolute Gasteiger partial charge is 0.249 e. The van der Waals surface area contributed by atoms with Crippen LogP contribution in [0.3, 0.4) is 0 Å². The molecule has 0 radical (unpaired) electrons. The number of fused-ring (bicyclic) bond motifs is 2. The molecule has 0 atom stereocenters. The zero-order valence-electron chi connectivity index (χ0n) is 26.1. The third-order valence-corrected chi connectivity index (χ3v) is 9.83. The lowest BCUT2D eigenvalue weighted by Gasteiger charge is -2.13. The van der Waals surface area contributed by atoms with Crippen LogP contribution in [0.2, 0.25) is 0 Å². The maximum atomic E-state index is 14.0. The van der Waals surface area contributed by atoms with Gasteiger partial charge in [-0.25, -0.2) is 35.6 Å². The van der Waals surface area contributed by atoms with Crippen molar-refractivity contribution in [1.29, 1.82) is 0 Å². The van der Waals surface area contributed by atoms with Crippen molar-refractivity contribution in [3.05, 3.63) is 131 Å². The summed E-state index contributed by atoms with van der Waals surface area (Å²) in [6, 6.07) is 26.1. The molecule has 0 N–H and O–H groups in total. The minimum atomic E-state index is -3.49. The van der Waals surface area contributed by atoms with Gasteiger partial charge in [0.15, 0.2) is 19.7 Å². The Morgan fingerprint density at radius 1 is 0.646 bits per heavy atom. The molecular formula is C35H29F2N5O4S2. The first-order valence-electron chi connectivity index (χ1n) is 14.6. The lowest BCUT2D eigenvalue weighted by molar-refractivity contribution is 0.600. The number of halogens is 2. The van der Waals surface area contributed by atoms with E-state index in [1.165, 1.54) is 24.5 Å². The summed E-state index contributed by atoms with van der Waals surface area (Å²) in [5.41, 5.74) is 12.3. The summed E-state index contributed by atoms with van der Waals surface area (Å²) < 4.78 is 76.3. The molecule has 244 valence electrons. The van der Waals surface area contributed by atoms with E-state index in [9.17, 15) is 25.6 Å². The van der Waals surface area contributed by atoms with Crippen LogP contribution in [0.4, 0.5) is 8.78 Å². The number of azide groups is 1. The number of para-hydroxylation sites is 2. The molecule has 0 spiro atoms. The van der Waals surface area contributed by atoms with Crippen LogP contribution < -0.4 is 0 Å². The molecule has 9 nitrogen and oxygen atoms in total. The van der Waals surface area contributed by atoms with Crippen LogP contribution in [0.15, 0.2) is 112 Å². The minimum Gasteiger partial charge on any atom is -0.249 e. The maximum absolute atomic E-state index is 14.0. The maximum Gasteiger partial charge on any atom is 0.176 e. The zero-order valence-corrected chi connectivity index (χ0v) is 27.7. The van der Waals surface area contributed by atoms with Gasteiger partial charge >= 0.3 is 0 Å². The number of hydrogen-bond acceptors (Lipinski definition) is 7. The van der Waals surface area contributed by atoms with E-state index >= 15 is 0 Å². The van der Waals surface area contributed by atoms with Gasteiger partial charge in [0.2, 0.25) is 0 Å². The average molecular weight is 686 g/mol. The number of sulfone groups is 2. The highest BCUT2D eigenvalue weighted by molar-refractivity contribution is 7.91. The van der Waals surface area contributed by atoms with Crippen LogP contribution in [0.5, 0.6) is 0 Å². The van der Waals surface area contributed by atoms with Crippen LogP contribution >= 0.6 is 0 Å². The SMILES string of the molecule is CCc1nc2c(F)cccc2cc1-c1ccccc1S(C)(=O)=O.CS(=O)(=O)c1ccccc1-c1cc2cccc(F)c2nc1CN=[N+]=[N-]. The molecule has 0 amide bonds. The van der Waals surface area contributed by atoms with E-state index in [0.29, 0.717) is 50.8 Å². The molecule has 0 aliphatic heterocycles. The molecule has 0 unspecified atom stereocenters. The molecule has 0 bridgehead atoms. The van der Waals surface area contributed by atoms with E-state index in [-0.39, 0.29) is 27.7 Å². The topological polar surface area (TPSA) is 143 Å². The lowest BCUT2D eigenvalue weighted by Crippen LogP contribution is -2.02. The van der Waals surface area contributed by atoms with Crippen molar-refractivity contribution in [2.75, 3.05) is 12.5 Å². The smallest absolute Gasteiger partial charge is 0.176 e. The Morgan fingerprint density at radius 3 is 1.52 bits per heavy atom. The molecule has 0 saturated heterocycles. The Labute approximate surface area is 276 Å². The van der Waals surface area contributed by atoms with Gasteiger partial charge in [0.25, 0.3) is 0 Å². The monoisotopic (exact) mass is 685 g/mol. The first kappa shape index (κ1) is 34.1. The van der Waals surface area contributed by atoms with Gasteiger partial charge in [-0.3, -0.25) is 0 Å². The Balaban J connectivity index is 0.000000188. The second kappa shape index (κ2) is 13.9. The van der Waals surface area contributed by atoms with Crippen LogP contribution in [0, 0.1) is 11.6 Å². The van der Waals surface area contributed by atoms with Gasteiger partial charge < -0.3 is 0 Å². The standard InChI is InChI=1S/C18H16FNO2S.C17H13FN4O2S/c1-3-16-14(11-12-7-6-9-15(19)18(12)20-16)13-8-4-5-10-17(13)23(2,21)22;1-25(23,24)16-8-3-2-6-12(16)13-9-11-5-4-7-14(18)17(11)21-15(13)10-20-22-19/h4-11H,3H2,1-2H3;2-9H,10H2,1H3. The lowest BCUT2D eigenvalue weighted by atomic mass is 10.00. The summed E-state index contributed by atoms with van der Waals surface area (Å²) in [6.07, 6.45) is 2.89. The highest BCUT2D eigenvalue weighted by Crippen LogP contribution is 2.34.